The maximum Gasteiger partial charge on any atom is 0.260 e. The van der Waals surface area contributed by atoms with E-state index in [0.29, 0.717) is 5.02 Å². The first-order valence-electron chi connectivity index (χ1n) is 9.56. The van der Waals surface area contributed by atoms with E-state index in [1.54, 1.807) is 6.07 Å². The van der Waals surface area contributed by atoms with Crippen LogP contribution in [0.4, 0.5) is 10.1 Å². The Hall–Kier alpha value is -3.17. The highest BCUT2D eigenvalue weighted by molar-refractivity contribution is 7.92. The van der Waals surface area contributed by atoms with Crippen LogP contribution < -0.4 is 9.73 Å². The van der Waals surface area contributed by atoms with Gasteiger partial charge in [-0.15, -0.1) is 0 Å². The van der Waals surface area contributed by atoms with Crippen molar-refractivity contribution in [3.63, 3.8) is 0 Å². The second kappa shape index (κ2) is 9.54. The number of amides is 1. The van der Waals surface area contributed by atoms with Crippen LogP contribution in [0.2, 0.25) is 5.02 Å². The number of aromatic nitrogens is 1. The van der Waals surface area contributed by atoms with Crippen LogP contribution in [0.15, 0.2) is 59.7 Å². The quantitative estimate of drug-likeness (QED) is 0.416. The zero-order chi connectivity index (χ0) is 23.5. The van der Waals surface area contributed by atoms with Gasteiger partial charge < -0.3 is 4.57 Å². The van der Waals surface area contributed by atoms with Crippen molar-refractivity contribution in [2.75, 3.05) is 17.1 Å². The van der Waals surface area contributed by atoms with Gasteiger partial charge in [-0.25, -0.2) is 18.2 Å². The third-order valence-electron chi connectivity index (χ3n) is 4.71. The standard InChI is InChI=1S/C22H22ClFN4O3S/c1-15-10-17(16(2)28(15)21-9-4-6-18(23)11-21)13-25-26-22(29)14-27(32(3,30)31)20-8-5-7-19(24)12-20/h4-13H,14H2,1-3H3,(H,26,29)/b25-13-. The molecule has 0 unspecified atom stereocenters. The van der Waals surface area contributed by atoms with E-state index in [9.17, 15) is 17.6 Å². The predicted octanol–water partition coefficient (Wildman–Crippen LogP) is 3.80. The van der Waals surface area contributed by atoms with Crippen LogP contribution in [-0.4, -0.2) is 37.9 Å². The van der Waals surface area contributed by atoms with Crippen molar-refractivity contribution in [1.82, 2.24) is 9.99 Å². The summed E-state index contributed by atoms with van der Waals surface area (Å²) in [5.74, 6) is -1.27. The molecule has 0 aliphatic carbocycles. The van der Waals surface area contributed by atoms with Crippen molar-refractivity contribution in [2.45, 2.75) is 13.8 Å². The number of rotatable bonds is 7. The lowest BCUT2D eigenvalue weighted by Gasteiger charge is -2.21. The molecule has 0 fully saturated rings. The molecule has 0 aliphatic rings. The fourth-order valence-electron chi connectivity index (χ4n) is 3.30. The average Bonchev–Trinajstić information content (AvgIpc) is 2.98. The van der Waals surface area contributed by atoms with Crippen LogP contribution in [0.1, 0.15) is 17.0 Å². The first-order chi connectivity index (χ1) is 15.1. The van der Waals surface area contributed by atoms with Crippen LogP contribution in [0.5, 0.6) is 0 Å². The van der Waals surface area contributed by atoms with E-state index in [4.69, 9.17) is 11.6 Å². The van der Waals surface area contributed by atoms with Gasteiger partial charge in [0, 0.05) is 27.7 Å². The second-order valence-electron chi connectivity index (χ2n) is 7.18. The number of aryl methyl sites for hydroxylation is 1. The molecule has 2 aromatic carbocycles. The van der Waals surface area contributed by atoms with E-state index in [2.05, 4.69) is 10.5 Å². The third-order valence-corrected chi connectivity index (χ3v) is 6.09. The second-order valence-corrected chi connectivity index (χ2v) is 9.53. The van der Waals surface area contributed by atoms with Gasteiger partial charge in [-0.1, -0.05) is 23.7 Å². The van der Waals surface area contributed by atoms with Gasteiger partial charge >= 0.3 is 0 Å². The number of nitrogens with zero attached hydrogens (tertiary/aromatic N) is 3. The van der Waals surface area contributed by atoms with E-state index in [1.807, 2.05) is 42.7 Å². The van der Waals surface area contributed by atoms with Crippen LogP contribution in [0.25, 0.3) is 5.69 Å². The van der Waals surface area contributed by atoms with Gasteiger partial charge in [0.25, 0.3) is 5.91 Å². The van der Waals surface area contributed by atoms with Crippen LogP contribution >= 0.6 is 11.6 Å². The molecule has 32 heavy (non-hydrogen) atoms. The fourth-order valence-corrected chi connectivity index (χ4v) is 4.33. The topological polar surface area (TPSA) is 83.8 Å². The summed E-state index contributed by atoms with van der Waals surface area (Å²) in [6.45, 7) is 3.31. The summed E-state index contributed by atoms with van der Waals surface area (Å²) in [7, 11) is -3.81. The largest absolute Gasteiger partial charge is 0.318 e. The number of carbonyl (C=O) groups excluding carboxylic acids is 1. The van der Waals surface area contributed by atoms with Gasteiger partial charge in [-0.3, -0.25) is 9.10 Å². The minimum Gasteiger partial charge on any atom is -0.318 e. The Labute approximate surface area is 191 Å². The molecule has 0 spiro atoms. The molecule has 1 heterocycles. The normalized spacial score (nSPS) is 11.7. The molecule has 0 saturated heterocycles. The molecule has 168 valence electrons. The Bertz CT molecular complexity index is 1290. The van der Waals surface area contributed by atoms with Crippen molar-refractivity contribution in [2.24, 2.45) is 5.10 Å². The summed E-state index contributed by atoms with van der Waals surface area (Å²) >= 11 is 6.10. The molecule has 1 N–H and O–H groups in total. The van der Waals surface area contributed by atoms with E-state index >= 15 is 0 Å². The number of halogens is 2. The number of hydrogen-bond acceptors (Lipinski definition) is 4. The molecular weight excluding hydrogens is 455 g/mol. The number of sulfonamides is 1. The smallest absolute Gasteiger partial charge is 0.260 e. The molecule has 0 bridgehead atoms. The van der Waals surface area contributed by atoms with Gasteiger partial charge in [0.1, 0.15) is 12.4 Å². The van der Waals surface area contributed by atoms with Crippen molar-refractivity contribution in [3.05, 3.63) is 82.4 Å². The molecule has 3 aromatic rings. The number of benzene rings is 2. The summed E-state index contributed by atoms with van der Waals surface area (Å²) in [5.41, 5.74) is 5.89. The monoisotopic (exact) mass is 476 g/mol. The maximum absolute atomic E-state index is 13.5. The number of hydrazone groups is 1. The van der Waals surface area contributed by atoms with Crippen molar-refractivity contribution >= 4 is 39.4 Å². The highest BCUT2D eigenvalue weighted by Crippen LogP contribution is 2.22. The van der Waals surface area contributed by atoms with Crippen molar-refractivity contribution in [1.29, 1.82) is 0 Å². The molecule has 10 heteroatoms. The van der Waals surface area contributed by atoms with Gasteiger partial charge in [0.05, 0.1) is 18.2 Å². The molecule has 0 aliphatic heterocycles. The first-order valence-corrected chi connectivity index (χ1v) is 11.8. The highest BCUT2D eigenvalue weighted by atomic mass is 35.5. The summed E-state index contributed by atoms with van der Waals surface area (Å²) < 4.78 is 40.5. The number of carbonyl (C=O) groups is 1. The van der Waals surface area contributed by atoms with Crippen molar-refractivity contribution < 1.29 is 17.6 Å². The fraction of sp³-hybridized carbons (Fsp3) is 0.182. The summed E-state index contributed by atoms with van der Waals surface area (Å²) in [4.78, 5) is 12.3. The molecular formula is C22H22ClFN4O3S. The molecule has 3 rings (SSSR count). The average molecular weight is 477 g/mol. The minimum atomic E-state index is -3.81. The van der Waals surface area contributed by atoms with Gasteiger partial charge in [-0.05, 0) is 56.3 Å². The molecule has 7 nitrogen and oxygen atoms in total. The Balaban J connectivity index is 1.74. The minimum absolute atomic E-state index is 0.0525. The molecule has 1 aromatic heterocycles. The van der Waals surface area contributed by atoms with Crippen LogP contribution in [0, 0.1) is 19.7 Å². The summed E-state index contributed by atoms with van der Waals surface area (Å²) in [5, 5.41) is 4.57. The highest BCUT2D eigenvalue weighted by Gasteiger charge is 2.21. The molecule has 0 atom stereocenters. The number of anilines is 1. The molecule has 0 saturated carbocycles. The molecule has 1 amide bonds. The first kappa shape index (κ1) is 23.5. The van der Waals surface area contributed by atoms with Gasteiger partial charge in [-0.2, -0.15) is 5.10 Å². The van der Waals surface area contributed by atoms with Gasteiger partial charge in [0.15, 0.2) is 0 Å². The van der Waals surface area contributed by atoms with E-state index in [-0.39, 0.29) is 5.69 Å². The lowest BCUT2D eigenvalue weighted by Crippen LogP contribution is -2.39. The van der Waals surface area contributed by atoms with Crippen molar-refractivity contribution in [3.8, 4) is 5.69 Å². The Morgan fingerprint density at radius 3 is 2.56 bits per heavy atom. The summed E-state index contributed by atoms with van der Waals surface area (Å²) in [6.07, 6.45) is 2.42. The lowest BCUT2D eigenvalue weighted by atomic mass is 10.2. The van der Waals surface area contributed by atoms with E-state index in [1.165, 1.54) is 24.4 Å². The lowest BCUT2D eigenvalue weighted by molar-refractivity contribution is -0.119. The van der Waals surface area contributed by atoms with Crippen LogP contribution in [0.3, 0.4) is 0 Å². The maximum atomic E-state index is 13.5. The Kier molecular flexibility index (Phi) is 7.00. The zero-order valence-corrected chi connectivity index (χ0v) is 19.3. The summed E-state index contributed by atoms with van der Waals surface area (Å²) in [6, 6.07) is 14.3. The van der Waals surface area contributed by atoms with E-state index < -0.39 is 28.3 Å². The number of nitrogens with one attached hydrogen (secondary N) is 1. The molecule has 0 radical (unpaired) electrons. The Morgan fingerprint density at radius 2 is 1.91 bits per heavy atom. The predicted molar refractivity (Wildman–Crippen MR) is 125 cm³/mol. The third kappa shape index (κ3) is 5.54. The van der Waals surface area contributed by atoms with Crippen LogP contribution in [-0.2, 0) is 14.8 Å². The van der Waals surface area contributed by atoms with E-state index in [0.717, 1.165) is 39.3 Å². The number of hydrogen-bond donors (Lipinski definition) is 1. The SMILES string of the molecule is Cc1cc(/C=N\NC(=O)CN(c2cccc(F)c2)S(C)(=O)=O)c(C)n1-c1cccc(Cl)c1. The van der Waals surface area contributed by atoms with Gasteiger partial charge in [0.2, 0.25) is 10.0 Å². The Morgan fingerprint density at radius 1 is 1.19 bits per heavy atom. The zero-order valence-electron chi connectivity index (χ0n) is 17.7.